The lowest BCUT2D eigenvalue weighted by Gasteiger charge is -1.86. The predicted octanol–water partition coefficient (Wildman–Crippen LogP) is 0.354. The van der Waals surface area contributed by atoms with Gasteiger partial charge in [0.1, 0.15) is 0 Å². The Morgan fingerprint density at radius 3 is 2.75 bits per heavy atom. The van der Waals surface area contributed by atoms with E-state index in [0.717, 1.165) is 0 Å². The van der Waals surface area contributed by atoms with Gasteiger partial charge in [0.25, 0.3) is 0 Å². The molecule has 0 aliphatic rings. The smallest absolute Gasteiger partial charge is 0.205 e. The van der Waals surface area contributed by atoms with E-state index in [0.29, 0.717) is 13.0 Å². The van der Waals surface area contributed by atoms with E-state index < -0.39 is 0 Å². The molecule has 0 spiro atoms. The van der Waals surface area contributed by atoms with Crippen molar-refractivity contribution in [3.05, 3.63) is 10.1 Å². The van der Waals surface area contributed by atoms with Gasteiger partial charge in [-0.05, 0) is 6.72 Å². The van der Waals surface area contributed by atoms with Crippen molar-refractivity contribution in [1.29, 1.82) is 0 Å². The molecule has 0 aromatic rings. The summed E-state index contributed by atoms with van der Waals surface area (Å²) in [6, 6.07) is 0. The maximum Gasteiger partial charge on any atom is 0.205 e. The molecule has 0 saturated carbocycles. The van der Waals surface area contributed by atoms with Gasteiger partial charge in [0, 0.05) is 17.9 Å². The average Bonchev–Trinajstić information content (AvgIpc) is 1.66. The predicted molar refractivity (Wildman–Crippen MR) is 30.9 cm³/mol. The molecule has 0 fully saturated rings. The molecule has 46 valence electrons. The zero-order chi connectivity index (χ0) is 6.41. The highest BCUT2D eigenvalue weighted by Crippen LogP contribution is 1.79. The minimum Gasteiger partial charge on any atom is -0.301 e. The summed E-state index contributed by atoms with van der Waals surface area (Å²) in [7, 11) is 0. The molecule has 0 aliphatic carbocycles. The van der Waals surface area contributed by atoms with Crippen LogP contribution in [0.1, 0.15) is 6.42 Å². The van der Waals surface area contributed by atoms with Crippen molar-refractivity contribution in [3.63, 3.8) is 0 Å². The Hall–Kier alpha value is -0.930. The molecule has 0 aromatic heterocycles. The van der Waals surface area contributed by atoms with Crippen LogP contribution in [0.15, 0.2) is 4.99 Å². The second-order valence-corrected chi connectivity index (χ2v) is 1.36. The van der Waals surface area contributed by atoms with Gasteiger partial charge >= 0.3 is 0 Å². The van der Waals surface area contributed by atoms with Crippen LogP contribution in [0.2, 0.25) is 0 Å². The van der Waals surface area contributed by atoms with Gasteiger partial charge in [-0.3, -0.25) is 10.1 Å². The van der Waals surface area contributed by atoms with Gasteiger partial charge in [0.15, 0.2) is 0 Å². The van der Waals surface area contributed by atoms with Gasteiger partial charge in [0.2, 0.25) is 6.54 Å². The molecule has 4 nitrogen and oxygen atoms in total. The largest absolute Gasteiger partial charge is 0.301 e. The maximum absolute atomic E-state index is 9.62. The minimum atomic E-state index is -0.356. The molecule has 0 rings (SSSR count). The van der Waals surface area contributed by atoms with Gasteiger partial charge in [-0.15, -0.1) is 0 Å². The molecule has 0 saturated heterocycles. The maximum atomic E-state index is 9.62. The molecule has 0 aromatic carbocycles. The van der Waals surface area contributed by atoms with E-state index in [1.54, 1.807) is 0 Å². The normalized spacial score (nSPS) is 8.50. The third kappa shape index (κ3) is 5.07. The Balaban J connectivity index is 2.93. The van der Waals surface area contributed by atoms with E-state index in [9.17, 15) is 10.1 Å². The monoisotopic (exact) mass is 116 g/mol. The summed E-state index contributed by atoms with van der Waals surface area (Å²) >= 11 is 0. The highest BCUT2D eigenvalue weighted by molar-refractivity contribution is 5.22. The van der Waals surface area contributed by atoms with Crippen molar-refractivity contribution in [2.24, 2.45) is 4.99 Å². The van der Waals surface area contributed by atoms with Crippen molar-refractivity contribution in [2.75, 3.05) is 13.1 Å². The van der Waals surface area contributed by atoms with E-state index in [-0.39, 0.29) is 11.5 Å². The number of aliphatic imine (C=N–C) groups is 1. The van der Waals surface area contributed by atoms with Crippen molar-refractivity contribution in [3.8, 4) is 0 Å². The lowest BCUT2D eigenvalue weighted by Crippen LogP contribution is -2.01. The highest BCUT2D eigenvalue weighted by Gasteiger charge is 1.92. The number of hydrogen-bond donors (Lipinski definition) is 0. The number of hydrogen-bond acceptors (Lipinski definition) is 3. The molecule has 0 radical (unpaired) electrons. The number of nitro groups is 1. The van der Waals surface area contributed by atoms with Gasteiger partial charge < -0.3 is 4.99 Å². The van der Waals surface area contributed by atoms with Crippen LogP contribution < -0.4 is 0 Å². The first-order chi connectivity index (χ1) is 3.77. The van der Waals surface area contributed by atoms with E-state index in [2.05, 4.69) is 11.7 Å². The summed E-state index contributed by atoms with van der Waals surface area (Å²) in [5.41, 5.74) is 0. The molecule has 0 unspecified atom stereocenters. The van der Waals surface area contributed by atoms with Crippen molar-refractivity contribution >= 4 is 6.72 Å². The van der Waals surface area contributed by atoms with Gasteiger partial charge in [-0.1, -0.05) is 0 Å². The number of rotatable bonds is 4. The fraction of sp³-hybridized carbons (Fsp3) is 0.750. The molecule has 0 N–H and O–H groups in total. The summed E-state index contributed by atoms with van der Waals surface area (Å²) in [5, 5.41) is 9.62. The van der Waals surface area contributed by atoms with Crippen LogP contribution in [0.4, 0.5) is 0 Å². The zero-order valence-electron chi connectivity index (χ0n) is 4.54. The Labute approximate surface area is 47.4 Å². The summed E-state index contributed by atoms with van der Waals surface area (Å²) in [5.74, 6) is 0. The van der Waals surface area contributed by atoms with E-state index in [1.165, 1.54) is 0 Å². The fourth-order valence-electron chi connectivity index (χ4n) is 0.312. The standard InChI is InChI=1S/C4H8N2O2/c1-5-3-2-4-6(7)8/h1-4H2. The molecule has 8 heavy (non-hydrogen) atoms. The SMILES string of the molecule is C=NCCC[N+](=O)[O-]. The Bertz CT molecular complexity index is 92.0. The molecule has 0 aliphatic heterocycles. The van der Waals surface area contributed by atoms with Crippen LogP contribution in [-0.4, -0.2) is 24.7 Å². The van der Waals surface area contributed by atoms with Crippen molar-refractivity contribution in [1.82, 2.24) is 0 Å². The van der Waals surface area contributed by atoms with Crippen LogP contribution in [0.3, 0.4) is 0 Å². The van der Waals surface area contributed by atoms with Crippen molar-refractivity contribution in [2.45, 2.75) is 6.42 Å². The van der Waals surface area contributed by atoms with Crippen LogP contribution >= 0.6 is 0 Å². The molecule has 4 heteroatoms. The first-order valence-electron chi connectivity index (χ1n) is 2.31. The molecule has 0 bridgehead atoms. The highest BCUT2D eigenvalue weighted by atomic mass is 16.6. The molecule has 0 heterocycles. The summed E-state index contributed by atoms with van der Waals surface area (Å²) < 4.78 is 0. The average molecular weight is 116 g/mol. The zero-order valence-corrected chi connectivity index (χ0v) is 4.54. The lowest BCUT2D eigenvalue weighted by molar-refractivity contribution is -0.480. The Kier molecular flexibility index (Phi) is 3.74. The van der Waals surface area contributed by atoms with E-state index in [1.807, 2.05) is 0 Å². The van der Waals surface area contributed by atoms with Gasteiger partial charge in [-0.25, -0.2) is 0 Å². The molecule has 0 amide bonds. The summed E-state index contributed by atoms with van der Waals surface area (Å²) in [6.07, 6.45) is 0.497. The Morgan fingerprint density at radius 2 is 2.38 bits per heavy atom. The third-order valence-electron chi connectivity index (χ3n) is 0.657. The van der Waals surface area contributed by atoms with Crippen LogP contribution in [0.25, 0.3) is 0 Å². The first kappa shape index (κ1) is 7.07. The van der Waals surface area contributed by atoms with Gasteiger partial charge in [-0.2, -0.15) is 0 Å². The second kappa shape index (κ2) is 4.23. The van der Waals surface area contributed by atoms with Gasteiger partial charge in [0.05, 0.1) is 0 Å². The van der Waals surface area contributed by atoms with Crippen LogP contribution in [-0.2, 0) is 0 Å². The van der Waals surface area contributed by atoms with E-state index >= 15 is 0 Å². The molecular weight excluding hydrogens is 108 g/mol. The third-order valence-corrected chi connectivity index (χ3v) is 0.657. The number of nitrogens with zero attached hydrogens (tertiary/aromatic N) is 2. The molecule has 0 atom stereocenters. The van der Waals surface area contributed by atoms with Crippen LogP contribution in [0, 0.1) is 10.1 Å². The molecular formula is C4H8N2O2. The van der Waals surface area contributed by atoms with Crippen LogP contribution in [0.5, 0.6) is 0 Å². The topological polar surface area (TPSA) is 55.5 Å². The van der Waals surface area contributed by atoms with Crippen molar-refractivity contribution < 1.29 is 4.92 Å². The van der Waals surface area contributed by atoms with E-state index in [4.69, 9.17) is 0 Å². The minimum absolute atomic E-state index is 0.000972. The summed E-state index contributed by atoms with van der Waals surface area (Å²) in [6.45, 7) is 3.67. The fourth-order valence-corrected chi connectivity index (χ4v) is 0.312. The summed E-state index contributed by atoms with van der Waals surface area (Å²) in [4.78, 5) is 12.7. The lowest BCUT2D eigenvalue weighted by atomic mass is 10.4. The first-order valence-corrected chi connectivity index (χ1v) is 2.31. The Morgan fingerprint density at radius 1 is 1.75 bits per heavy atom. The quantitative estimate of drug-likeness (QED) is 0.230. The second-order valence-electron chi connectivity index (χ2n) is 1.36.